The Balaban J connectivity index is 1.73. The predicted molar refractivity (Wildman–Crippen MR) is 104 cm³/mol. The van der Waals surface area contributed by atoms with Crippen molar-refractivity contribution >= 4 is 33.7 Å². The van der Waals surface area contributed by atoms with Gasteiger partial charge in [-0.1, -0.05) is 18.2 Å². The van der Waals surface area contributed by atoms with Gasteiger partial charge >= 0.3 is 0 Å². The maximum absolute atomic E-state index is 4.81. The summed E-state index contributed by atoms with van der Waals surface area (Å²) < 4.78 is 1.92. The van der Waals surface area contributed by atoms with Gasteiger partial charge in [0.15, 0.2) is 5.65 Å². The number of rotatable bonds is 5. The molecule has 4 rings (SSSR count). The summed E-state index contributed by atoms with van der Waals surface area (Å²) in [5.41, 5.74) is 2.91. The number of nitrogens with zero attached hydrogens (tertiary/aromatic N) is 4. The van der Waals surface area contributed by atoms with Crippen LogP contribution in [-0.4, -0.2) is 40.1 Å². The lowest BCUT2D eigenvalue weighted by Crippen LogP contribution is -2.26. The van der Waals surface area contributed by atoms with E-state index in [1.165, 1.54) is 4.88 Å². The van der Waals surface area contributed by atoms with Crippen molar-refractivity contribution in [2.45, 2.75) is 13.0 Å². The van der Waals surface area contributed by atoms with E-state index in [0.29, 0.717) is 6.04 Å². The molecule has 0 saturated heterocycles. The molecule has 0 aliphatic carbocycles. The van der Waals surface area contributed by atoms with Gasteiger partial charge in [-0.2, -0.15) is 5.10 Å². The fraction of sp³-hybridized carbons (Fsp3) is 0.263. The van der Waals surface area contributed by atoms with E-state index in [0.717, 1.165) is 34.6 Å². The lowest BCUT2D eigenvalue weighted by atomic mass is 10.2. The van der Waals surface area contributed by atoms with E-state index in [9.17, 15) is 0 Å². The first-order chi connectivity index (χ1) is 12.1. The predicted octanol–water partition coefficient (Wildman–Crippen LogP) is 3.97. The average molecular weight is 351 g/mol. The highest BCUT2D eigenvalue weighted by molar-refractivity contribution is 7.10. The number of nitrogens with one attached hydrogen (secondary N) is 1. The number of likely N-dealkylation sites (N-methyl/N-ethyl adjacent to an activating group) is 1. The largest absolute Gasteiger partial charge is 0.367 e. The van der Waals surface area contributed by atoms with Crippen molar-refractivity contribution < 1.29 is 0 Å². The molecule has 0 amide bonds. The van der Waals surface area contributed by atoms with Gasteiger partial charge in [-0.25, -0.2) is 9.50 Å². The Hall–Kier alpha value is -2.44. The Labute approximate surface area is 150 Å². The Morgan fingerprint density at radius 2 is 2.04 bits per heavy atom. The zero-order valence-corrected chi connectivity index (χ0v) is 15.4. The lowest BCUT2D eigenvalue weighted by molar-refractivity contribution is 0.316. The van der Waals surface area contributed by atoms with Gasteiger partial charge in [-0.05, 0) is 44.6 Å². The van der Waals surface area contributed by atoms with Crippen molar-refractivity contribution in [3.63, 3.8) is 0 Å². The lowest BCUT2D eigenvalue weighted by Gasteiger charge is -2.24. The molecule has 0 aliphatic heterocycles. The van der Waals surface area contributed by atoms with Crippen molar-refractivity contribution in [3.05, 3.63) is 58.4 Å². The summed E-state index contributed by atoms with van der Waals surface area (Å²) in [6.07, 6.45) is 0. The summed E-state index contributed by atoms with van der Waals surface area (Å²) in [6, 6.07) is 14.9. The minimum Gasteiger partial charge on any atom is -0.367 e. The first-order valence-corrected chi connectivity index (χ1v) is 9.20. The highest BCUT2D eigenvalue weighted by Gasteiger charge is 2.16. The average Bonchev–Trinajstić information content (AvgIpc) is 3.24. The third-order valence-corrected chi connectivity index (χ3v) is 5.36. The standard InChI is InChI=1S/C19H21N5S/c1-13-11-18-21-19(14-7-4-5-8-15(14)24(18)22-13)20-12-16(23(2)3)17-9-6-10-25-17/h4-11,16H,12H2,1-3H3,(H,20,21)/t16-/m0/s1. The smallest absolute Gasteiger partial charge is 0.158 e. The van der Waals surface area contributed by atoms with E-state index < -0.39 is 0 Å². The number of aromatic nitrogens is 3. The highest BCUT2D eigenvalue weighted by Crippen LogP contribution is 2.27. The van der Waals surface area contributed by atoms with Crippen LogP contribution in [0.15, 0.2) is 47.8 Å². The number of benzene rings is 1. The Bertz CT molecular complexity index is 1000. The molecule has 0 radical (unpaired) electrons. The molecular weight excluding hydrogens is 330 g/mol. The van der Waals surface area contributed by atoms with Crippen molar-refractivity contribution in [3.8, 4) is 0 Å². The van der Waals surface area contributed by atoms with Gasteiger partial charge in [0.05, 0.1) is 17.3 Å². The maximum atomic E-state index is 4.81. The monoisotopic (exact) mass is 351 g/mol. The van der Waals surface area contributed by atoms with E-state index in [1.54, 1.807) is 11.3 Å². The molecule has 0 aliphatic rings. The van der Waals surface area contributed by atoms with Crippen LogP contribution in [0, 0.1) is 6.92 Å². The molecule has 0 saturated carbocycles. The molecule has 128 valence electrons. The second-order valence-electron chi connectivity index (χ2n) is 6.41. The van der Waals surface area contributed by atoms with Gasteiger partial charge < -0.3 is 10.2 Å². The number of hydrogen-bond acceptors (Lipinski definition) is 5. The zero-order chi connectivity index (χ0) is 17.4. The van der Waals surface area contributed by atoms with E-state index in [1.807, 2.05) is 29.6 Å². The van der Waals surface area contributed by atoms with Crippen molar-refractivity contribution in [1.82, 2.24) is 19.5 Å². The van der Waals surface area contributed by atoms with Crippen molar-refractivity contribution in [1.29, 1.82) is 0 Å². The minimum atomic E-state index is 0.309. The van der Waals surface area contributed by atoms with Crippen LogP contribution < -0.4 is 5.32 Å². The molecule has 1 N–H and O–H groups in total. The minimum absolute atomic E-state index is 0.309. The van der Waals surface area contributed by atoms with E-state index in [4.69, 9.17) is 4.98 Å². The van der Waals surface area contributed by atoms with Crippen LogP contribution in [0.5, 0.6) is 0 Å². The van der Waals surface area contributed by atoms with Gasteiger partial charge in [-0.15, -0.1) is 11.3 Å². The quantitative estimate of drug-likeness (QED) is 0.591. The van der Waals surface area contributed by atoms with E-state index in [-0.39, 0.29) is 0 Å². The number of aryl methyl sites for hydroxylation is 1. The third-order valence-electron chi connectivity index (χ3n) is 4.38. The number of anilines is 1. The molecule has 0 unspecified atom stereocenters. The van der Waals surface area contributed by atoms with E-state index >= 15 is 0 Å². The summed E-state index contributed by atoms with van der Waals surface area (Å²) in [6.45, 7) is 2.79. The van der Waals surface area contributed by atoms with Crippen LogP contribution in [0.4, 0.5) is 5.82 Å². The fourth-order valence-electron chi connectivity index (χ4n) is 3.12. The molecule has 0 bridgehead atoms. The summed E-state index contributed by atoms with van der Waals surface area (Å²) in [4.78, 5) is 8.40. The fourth-order valence-corrected chi connectivity index (χ4v) is 4.05. The molecule has 5 nitrogen and oxygen atoms in total. The topological polar surface area (TPSA) is 45.5 Å². The number of para-hydroxylation sites is 1. The molecule has 4 aromatic rings. The van der Waals surface area contributed by atoms with Gasteiger partial charge in [0.2, 0.25) is 0 Å². The normalized spacial score (nSPS) is 13.0. The van der Waals surface area contributed by atoms with Gasteiger partial charge in [0.25, 0.3) is 0 Å². The Kier molecular flexibility index (Phi) is 4.15. The second-order valence-corrected chi connectivity index (χ2v) is 7.39. The second kappa shape index (κ2) is 6.46. The van der Waals surface area contributed by atoms with Crippen molar-refractivity contribution in [2.24, 2.45) is 0 Å². The zero-order valence-electron chi connectivity index (χ0n) is 14.6. The first-order valence-electron chi connectivity index (χ1n) is 8.32. The molecule has 1 aromatic carbocycles. The van der Waals surface area contributed by atoms with E-state index in [2.05, 4.69) is 59.1 Å². The third kappa shape index (κ3) is 2.99. The molecule has 3 aromatic heterocycles. The van der Waals surface area contributed by atoms with Gasteiger partial charge in [0, 0.05) is 22.9 Å². The number of hydrogen-bond donors (Lipinski definition) is 1. The molecule has 0 fully saturated rings. The van der Waals surface area contributed by atoms with Gasteiger partial charge in [-0.3, -0.25) is 0 Å². The summed E-state index contributed by atoms with van der Waals surface area (Å²) in [5, 5.41) is 11.3. The van der Waals surface area contributed by atoms with Crippen LogP contribution in [0.25, 0.3) is 16.6 Å². The van der Waals surface area contributed by atoms with Crippen LogP contribution in [0.1, 0.15) is 16.6 Å². The Morgan fingerprint density at radius 3 is 2.80 bits per heavy atom. The number of fused-ring (bicyclic) bond motifs is 3. The van der Waals surface area contributed by atoms with Gasteiger partial charge in [0.1, 0.15) is 5.82 Å². The molecule has 1 atom stereocenters. The van der Waals surface area contributed by atoms with Crippen LogP contribution in [0.2, 0.25) is 0 Å². The van der Waals surface area contributed by atoms with Crippen LogP contribution in [-0.2, 0) is 0 Å². The number of thiophene rings is 1. The molecular formula is C19H21N5S. The molecule has 25 heavy (non-hydrogen) atoms. The SMILES string of the molecule is Cc1cc2nc(NC[C@@H](c3cccs3)N(C)C)c3ccccc3n2n1. The molecule has 0 spiro atoms. The summed E-state index contributed by atoms with van der Waals surface area (Å²) >= 11 is 1.79. The van der Waals surface area contributed by atoms with Crippen LogP contribution >= 0.6 is 11.3 Å². The van der Waals surface area contributed by atoms with Crippen LogP contribution in [0.3, 0.4) is 0 Å². The maximum Gasteiger partial charge on any atom is 0.158 e. The molecule has 3 heterocycles. The van der Waals surface area contributed by atoms with Crippen molar-refractivity contribution in [2.75, 3.05) is 26.0 Å². The highest BCUT2D eigenvalue weighted by atomic mass is 32.1. The summed E-state index contributed by atoms with van der Waals surface area (Å²) in [5.74, 6) is 0.909. The summed E-state index contributed by atoms with van der Waals surface area (Å²) in [7, 11) is 4.22. The molecule has 6 heteroatoms. The first kappa shape index (κ1) is 16.1. The Morgan fingerprint density at radius 1 is 1.20 bits per heavy atom.